The zero-order valence-corrected chi connectivity index (χ0v) is 9.00. The fourth-order valence-electron chi connectivity index (χ4n) is 1.96. The van der Waals surface area contributed by atoms with Gasteiger partial charge >= 0.3 is 0 Å². The first-order valence-electron chi connectivity index (χ1n) is 5.38. The summed E-state index contributed by atoms with van der Waals surface area (Å²) in [5.41, 5.74) is 0. The minimum Gasteiger partial charge on any atom is -0.375 e. The Balaban J connectivity index is 2.27. The molecule has 1 rings (SSSR count). The lowest BCUT2D eigenvalue weighted by Crippen LogP contribution is -2.47. The van der Waals surface area contributed by atoms with E-state index in [9.17, 15) is 0 Å². The van der Waals surface area contributed by atoms with Crippen molar-refractivity contribution in [3.8, 4) is 0 Å². The molecule has 1 heterocycles. The molecule has 0 N–H and O–H groups in total. The summed E-state index contributed by atoms with van der Waals surface area (Å²) in [6, 6.07) is 0.761. The third kappa shape index (κ3) is 3.03. The van der Waals surface area contributed by atoms with Gasteiger partial charge in [0.05, 0.1) is 0 Å². The molecule has 1 unspecified atom stereocenters. The second-order valence-electron chi connectivity index (χ2n) is 3.89. The third-order valence-electron chi connectivity index (χ3n) is 2.94. The van der Waals surface area contributed by atoms with Gasteiger partial charge in [-0.1, -0.05) is 19.9 Å². The smallest absolute Gasteiger partial charge is 0.0300 e. The summed E-state index contributed by atoms with van der Waals surface area (Å²) in [4.78, 5) is 4.89. The van der Waals surface area contributed by atoms with Crippen LogP contribution in [-0.2, 0) is 0 Å². The molecule has 2 heteroatoms. The van der Waals surface area contributed by atoms with E-state index in [1.807, 2.05) is 6.20 Å². The van der Waals surface area contributed by atoms with Crippen molar-refractivity contribution in [1.82, 2.24) is 9.80 Å². The molecule has 0 spiro atoms. The van der Waals surface area contributed by atoms with E-state index in [1.165, 1.54) is 25.9 Å². The van der Waals surface area contributed by atoms with Crippen LogP contribution in [0, 0.1) is 0 Å². The summed E-state index contributed by atoms with van der Waals surface area (Å²) in [7, 11) is 0. The number of rotatable bonds is 4. The van der Waals surface area contributed by atoms with Crippen molar-refractivity contribution < 1.29 is 0 Å². The molecule has 2 nitrogen and oxygen atoms in total. The molecule has 0 aromatic heterocycles. The number of nitrogens with zero attached hydrogens (tertiary/aromatic N) is 2. The number of hydrogen-bond donors (Lipinski definition) is 0. The van der Waals surface area contributed by atoms with Crippen LogP contribution < -0.4 is 0 Å². The Morgan fingerprint density at radius 1 is 1.31 bits per heavy atom. The molecule has 0 saturated carbocycles. The molecule has 76 valence electrons. The molecule has 0 aromatic rings. The molecule has 13 heavy (non-hydrogen) atoms. The van der Waals surface area contributed by atoms with Crippen LogP contribution >= 0.6 is 0 Å². The van der Waals surface area contributed by atoms with E-state index in [4.69, 9.17) is 0 Å². The maximum Gasteiger partial charge on any atom is 0.0300 e. The van der Waals surface area contributed by atoms with Gasteiger partial charge in [-0.2, -0.15) is 0 Å². The van der Waals surface area contributed by atoms with Gasteiger partial charge in [0.1, 0.15) is 0 Å². The summed E-state index contributed by atoms with van der Waals surface area (Å²) in [6.45, 7) is 13.1. The Bertz CT molecular complexity index is 148. The average molecular weight is 182 g/mol. The topological polar surface area (TPSA) is 6.48 Å². The first kappa shape index (κ1) is 10.6. The largest absolute Gasteiger partial charge is 0.375 e. The Kier molecular flexibility index (Phi) is 4.29. The average Bonchev–Trinajstić information content (AvgIpc) is 2.18. The summed E-state index contributed by atoms with van der Waals surface area (Å²) in [5, 5.41) is 0. The van der Waals surface area contributed by atoms with Crippen LogP contribution in [0.25, 0.3) is 0 Å². The fourth-order valence-corrected chi connectivity index (χ4v) is 1.96. The summed E-state index contributed by atoms with van der Waals surface area (Å²) >= 11 is 0. The van der Waals surface area contributed by atoms with E-state index >= 15 is 0 Å². The van der Waals surface area contributed by atoms with E-state index in [-0.39, 0.29) is 0 Å². The third-order valence-corrected chi connectivity index (χ3v) is 2.94. The fraction of sp³-hybridized carbons (Fsp3) is 0.818. The molecule has 1 saturated heterocycles. The SMILES string of the molecule is C=CN1CCN(C(C)CCC)CC1. The van der Waals surface area contributed by atoms with E-state index in [2.05, 4.69) is 30.2 Å². The molecular formula is C11H22N2. The lowest BCUT2D eigenvalue weighted by Gasteiger charge is -2.37. The van der Waals surface area contributed by atoms with Crippen molar-refractivity contribution in [2.45, 2.75) is 32.7 Å². The van der Waals surface area contributed by atoms with Gasteiger partial charge in [-0.15, -0.1) is 0 Å². The van der Waals surface area contributed by atoms with Crippen LogP contribution in [0.5, 0.6) is 0 Å². The predicted octanol–water partition coefficient (Wildman–Crippen LogP) is 1.94. The predicted molar refractivity (Wildman–Crippen MR) is 57.7 cm³/mol. The standard InChI is InChI=1S/C11H22N2/c1-4-6-11(3)13-9-7-12(5-2)8-10-13/h5,11H,2,4,6-10H2,1,3H3. The second-order valence-corrected chi connectivity index (χ2v) is 3.89. The first-order valence-corrected chi connectivity index (χ1v) is 5.38. The summed E-state index contributed by atoms with van der Waals surface area (Å²) in [6.07, 6.45) is 4.58. The Labute approximate surface area is 82.2 Å². The van der Waals surface area contributed by atoms with Crippen LogP contribution in [0.3, 0.4) is 0 Å². The van der Waals surface area contributed by atoms with Crippen molar-refractivity contribution in [2.75, 3.05) is 26.2 Å². The molecule has 0 aliphatic carbocycles. The molecule has 1 aliphatic heterocycles. The number of piperazine rings is 1. The van der Waals surface area contributed by atoms with Crippen LogP contribution in [0.2, 0.25) is 0 Å². The highest BCUT2D eigenvalue weighted by molar-refractivity contribution is 4.80. The quantitative estimate of drug-likeness (QED) is 0.655. The Morgan fingerprint density at radius 3 is 2.38 bits per heavy atom. The molecule has 1 atom stereocenters. The van der Waals surface area contributed by atoms with Gasteiger partial charge in [-0.05, 0) is 19.5 Å². The van der Waals surface area contributed by atoms with Crippen LogP contribution in [0.15, 0.2) is 12.8 Å². The minimum absolute atomic E-state index is 0.761. The van der Waals surface area contributed by atoms with Gasteiger partial charge in [-0.25, -0.2) is 0 Å². The molecule has 0 amide bonds. The molecule has 1 aliphatic rings. The van der Waals surface area contributed by atoms with Crippen molar-refractivity contribution in [2.24, 2.45) is 0 Å². The second kappa shape index (κ2) is 5.28. The highest BCUT2D eigenvalue weighted by Crippen LogP contribution is 2.10. The minimum atomic E-state index is 0.761. The molecule has 0 bridgehead atoms. The van der Waals surface area contributed by atoms with Crippen molar-refractivity contribution in [3.05, 3.63) is 12.8 Å². The normalized spacial score (nSPS) is 21.5. The van der Waals surface area contributed by atoms with Gasteiger partial charge in [0.15, 0.2) is 0 Å². The van der Waals surface area contributed by atoms with Crippen molar-refractivity contribution in [3.63, 3.8) is 0 Å². The maximum absolute atomic E-state index is 3.80. The monoisotopic (exact) mass is 182 g/mol. The van der Waals surface area contributed by atoms with Gasteiger partial charge < -0.3 is 4.90 Å². The summed E-state index contributed by atoms with van der Waals surface area (Å²) < 4.78 is 0. The van der Waals surface area contributed by atoms with Gasteiger partial charge in [-0.3, -0.25) is 4.90 Å². The summed E-state index contributed by atoms with van der Waals surface area (Å²) in [5.74, 6) is 0. The van der Waals surface area contributed by atoms with Gasteiger partial charge in [0, 0.05) is 32.2 Å². The van der Waals surface area contributed by atoms with E-state index in [1.54, 1.807) is 0 Å². The van der Waals surface area contributed by atoms with Crippen molar-refractivity contribution >= 4 is 0 Å². The van der Waals surface area contributed by atoms with E-state index in [0.717, 1.165) is 19.1 Å². The highest BCUT2D eigenvalue weighted by Gasteiger charge is 2.18. The van der Waals surface area contributed by atoms with E-state index < -0.39 is 0 Å². The lowest BCUT2D eigenvalue weighted by molar-refractivity contribution is 0.125. The zero-order chi connectivity index (χ0) is 9.68. The molecule has 0 radical (unpaired) electrons. The highest BCUT2D eigenvalue weighted by atomic mass is 15.3. The Hall–Kier alpha value is -0.500. The molecular weight excluding hydrogens is 160 g/mol. The number of hydrogen-bond acceptors (Lipinski definition) is 2. The maximum atomic E-state index is 3.80. The lowest BCUT2D eigenvalue weighted by atomic mass is 10.1. The Morgan fingerprint density at radius 2 is 1.92 bits per heavy atom. The van der Waals surface area contributed by atoms with Crippen LogP contribution in [0.4, 0.5) is 0 Å². The van der Waals surface area contributed by atoms with Crippen molar-refractivity contribution in [1.29, 1.82) is 0 Å². The van der Waals surface area contributed by atoms with Gasteiger partial charge in [0.25, 0.3) is 0 Å². The first-order chi connectivity index (χ1) is 6.27. The molecule has 1 fully saturated rings. The zero-order valence-electron chi connectivity index (χ0n) is 9.00. The van der Waals surface area contributed by atoms with Crippen LogP contribution in [-0.4, -0.2) is 42.0 Å². The van der Waals surface area contributed by atoms with Crippen LogP contribution in [0.1, 0.15) is 26.7 Å². The van der Waals surface area contributed by atoms with E-state index in [0.29, 0.717) is 0 Å². The molecule has 0 aromatic carbocycles. The van der Waals surface area contributed by atoms with Gasteiger partial charge in [0.2, 0.25) is 0 Å².